The number of anilines is 1. The van der Waals surface area contributed by atoms with Gasteiger partial charge in [-0.3, -0.25) is 4.79 Å². The van der Waals surface area contributed by atoms with Crippen LogP contribution in [0.4, 0.5) is 5.69 Å². The fourth-order valence-corrected chi connectivity index (χ4v) is 2.89. The van der Waals surface area contributed by atoms with E-state index < -0.39 is 5.41 Å². The second-order valence-corrected chi connectivity index (χ2v) is 5.99. The van der Waals surface area contributed by atoms with Crippen LogP contribution in [0.25, 0.3) is 0 Å². The lowest BCUT2D eigenvalue weighted by Gasteiger charge is -2.20. The molecule has 0 spiro atoms. The molecule has 0 aromatic heterocycles. The molecule has 2 N–H and O–H groups in total. The van der Waals surface area contributed by atoms with Gasteiger partial charge in [0.15, 0.2) is 0 Å². The number of nitrogens with one attached hydrogen (secondary N) is 2. The molecule has 3 nitrogen and oxygen atoms in total. The smallest absolute Gasteiger partial charge is 0.234 e. The maximum atomic E-state index is 11.9. The van der Waals surface area contributed by atoms with Crippen LogP contribution in [0.1, 0.15) is 43.9 Å². The first-order chi connectivity index (χ1) is 8.54. The molecule has 1 heterocycles. The van der Waals surface area contributed by atoms with Gasteiger partial charge in [-0.25, -0.2) is 0 Å². The van der Waals surface area contributed by atoms with Gasteiger partial charge in [-0.05, 0) is 56.8 Å². The number of benzene rings is 1. The Kier molecular flexibility index (Phi) is 2.49. The van der Waals surface area contributed by atoms with Gasteiger partial charge < -0.3 is 10.6 Å². The lowest BCUT2D eigenvalue weighted by molar-refractivity contribution is -0.119. The molecule has 1 aromatic carbocycles. The summed E-state index contributed by atoms with van der Waals surface area (Å²) in [5.74, 6) is 0.864. The number of amides is 1. The molecule has 1 aliphatic heterocycles. The zero-order valence-electron chi connectivity index (χ0n) is 11.2. The van der Waals surface area contributed by atoms with Crippen molar-refractivity contribution in [3.63, 3.8) is 0 Å². The fraction of sp³-hybridized carbons (Fsp3) is 0.533. The van der Waals surface area contributed by atoms with E-state index in [1.54, 1.807) is 0 Å². The van der Waals surface area contributed by atoms with Crippen LogP contribution in [0.3, 0.4) is 0 Å². The van der Waals surface area contributed by atoms with Gasteiger partial charge in [-0.2, -0.15) is 0 Å². The average Bonchev–Trinajstić information content (AvgIpc) is 3.12. The van der Waals surface area contributed by atoms with Crippen LogP contribution in [0.2, 0.25) is 0 Å². The van der Waals surface area contributed by atoms with E-state index >= 15 is 0 Å². The lowest BCUT2D eigenvalue weighted by atomic mass is 9.84. The summed E-state index contributed by atoms with van der Waals surface area (Å²) < 4.78 is 0. The molecule has 1 atom stereocenters. The van der Waals surface area contributed by atoms with Crippen LogP contribution in [0, 0.1) is 5.92 Å². The maximum absolute atomic E-state index is 11.9. The average molecular weight is 244 g/mol. The minimum absolute atomic E-state index is 0.0991. The van der Waals surface area contributed by atoms with E-state index in [0.717, 1.165) is 17.2 Å². The molecule has 18 heavy (non-hydrogen) atoms. The van der Waals surface area contributed by atoms with Crippen molar-refractivity contribution in [3.8, 4) is 0 Å². The third kappa shape index (κ3) is 1.65. The molecule has 1 fully saturated rings. The van der Waals surface area contributed by atoms with Gasteiger partial charge in [0.1, 0.15) is 0 Å². The summed E-state index contributed by atoms with van der Waals surface area (Å²) >= 11 is 0. The van der Waals surface area contributed by atoms with E-state index in [0.29, 0.717) is 6.04 Å². The minimum atomic E-state index is -0.410. The number of carbonyl (C=O) groups excluding carboxylic acids is 1. The summed E-state index contributed by atoms with van der Waals surface area (Å²) in [7, 11) is 2.02. The Bertz CT molecular complexity index is 503. The Hall–Kier alpha value is -1.35. The number of rotatable bonds is 3. The van der Waals surface area contributed by atoms with Gasteiger partial charge in [0.05, 0.1) is 5.41 Å². The highest BCUT2D eigenvalue weighted by atomic mass is 16.2. The van der Waals surface area contributed by atoms with Crippen LogP contribution in [0.5, 0.6) is 0 Å². The molecule has 1 aromatic rings. The third-order valence-electron chi connectivity index (χ3n) is 4.30. The van der Waals surface area contributed by atoms with E-state index in [9.17, 15) is 4.79 Å². The Balaban J connectivity index is 2.01. The molecule has 1 saturated carbocycles. The number of hydrogen-bond donors (Lipinski definition) is 2. The molecule has 96 valence electrons. The first kappa shape index (κ1) is 11.7. The number of hydrogen-bond acceptors (Lipinski definition) is 2. The summed E-state index contributed by atoms with van der Waals surface area (Å²) in [6, 6.07) is 6.82. The van der Waals surface area contributed by atoms with Crippen molar-refractivity contribution in [2.24, 2.45) is 5.92 Å². The first-order valence-corrected chi connectivity index (χ1v) is 6.67. The Labute approximate surface area is 108 Å². The topological polar surface area (TPSA) is 41.1 Å². The Morgan fingerprint density at radius 3 is 2.72 bits per heavy atom. The standard InChI is InChI=1S/C15H20N2O/c1-15(2)11-8-10(13(16-3)9-4-5-9)6-7-12(11)17-14(15)18/h6-9,13,16H,4-5H2,1-3H3,(H,17,18). The van der Waals surface area contributed by atoms with Crippen molar-refractivity contribution in [3.05, 3.63) is 29.3 Å². The zero-order chi connectivity index (χ0) is 12.9. The van der Waals surface area contributed by atoms with Gasteiger partial charge in [0.2, 0.25) is 5.91 Å². The summed E-state index contributed by atoms with van der Waals surface area (Å²) in [5.41, 5.74) is 3.00. The largest absolute Gasteiger partial charge is 0.325 e. The fourth-order valence-electron chi connectivity index (χ4n) is 2.89. The summed E-state index contributed by atoms with van der Waals surface area (Å²) in [4.78, 5) is 11.9. The molecular formula is C15H20N2O. The van der Waals surface area contributed by atoms with E-state index in [-0.39, 0.29) is 5.91 Å². The quantitative estimate of drug-likeness (QED) is 0.858. The molecule has 1 aliphatic carbocycles. The predicted octanol–water partition coefficient (Wildman–Crippen LogP) is 2.59. The van der Waals surface area contributed by atoms with Crippen LogP contribution in [-0.4, -0.2) is 13.0 Å². The van der Waals surface area contributed by atoms with E-state index in [2.05, 4.69) is 22.8 Å². The number of fused-ring (bicyclic) bond motifs is 1. The normalized spacial score (nSPS) is 22.5. The molecular weight excluding hydrogens is 224 g/mol. The highest BCUT2D eigenvalue weighted by molar-refractivity contribution is 6.05. The van der Waals surface area contributed by atoms with E-state index in [1.165, 1.54) is 18.4 Å². The molecule has 0 saturated heterocycles. The maximum Gasteiger partial charge on any atom is 0.234 e. The SMILES string of the molecule is CNC(c1ccc2c(c1)C(C)(C)C(=O)N2)C1CC1. The van der Waals surface area contributed by atoms with Gasteiger partial charge >= 0.3 is 0 Å². The van der Waals surface area contributed by atoms with Crippen molar-refractivity contribution in [1.29, 1.82) is 0 Å². The summed E-state index contributed by atoms with van der Waals surface area (Å²) in [5, 5.41) is 6.36. The molecule has 0 radical (unpaired) electrons. The van der Waals surface area contributed by atoms with Crippen LogP contribution < -0.4 is 10.6 Å². The van der Waals surface area contributed by atoms with Crippen molar-refractivity contribution in [2.45, 2.75) is 38.1 Å². The van der Waals surface area contributed by atoms with Crippen molar-refractivity contribution in [1.82, 2.24) is 5.32 Å². The van der Waals surface area contributed by atoms with Crippen molar-refractivity contribution >= 4 is 11.6 Å². The lowest BCUT2D eigenvalue weighted by Crippen LogP contribution is -2.27. The van der Waals surface area contributed by atoms with Gasteiger partial charge in [0, 0.05) is 11.7 Å². The van der Waals surface area contributed by atoms with Gasteiger partial charge in [-0.15, -0.1) is 0 Å². The second-order valence-electron chi connectivity index (χ2n) is 5.99. The zero-order valence-corrected chi connectivity index (χ0v) is 11.2. The molecule has 1 unspecified atom stereocenters. The van der Waals surface area contributed by atoms with Crippen LogP contribution >= 0.6 is 0 Å². The van der Waals surface area contributed by atoms with Crippen molar-refractivity contribution < 1.29 is 4.79 Å². The summed E-state index contributed by atoms with van der Waals surface area (Å²) in [6.45, 7) is 3.98. The molecule has 2 aliphatic rings. The first-order valence-electron chi connectivity index (χ1n) is 6.67. The number of carbonyl (C=O) groups is 1. The Morgan fingerprint density at radius 1 is 1.39 bits per heavy atom. The van der Waals surface area contributed by atoms with Crippen molar-refractivity contribution in [2.75, 3.05) is 12.4 Å². The summed E-state index contributed by atoms with van der Waals surface area (Å²) in [6.07, 6.45) is 2.62. The molecule has 3 rings (SSSR count). The molecule has 3 heteroatoms. The second kappa shape index (κ2) is 3.82. The van der Waals surface area contributed by atoms with E-state index in [1.807, 2.05) is 27.0 Å². The van der Waals surface area contributed by atoms with Gasteiger partial charge in [0.25, 0.3) is 0 Å². The predicted molar refractivity (Wildman–Crippen MR) is 72.6 cm³/mol. The minimum Gasteiger partial charge on any atom is -0.325 e. The van der Waals surface area contributed by atoms with Crippen LogP contribution in [0.15, 0.2) is 18.2 Å². The molecule has 1 amide bonds. The Morgan fingerprint density at radius 2 is 2.11 bits per heavy atom. The highest BCUT2D eigenvalue weighted by Crippen LogP contribution is 2.44. The third-order valence-corrected chi connectivity index (χ3v) is 4.30. The van der Waals surface area contributed by atoms with Crippen LogP contribution in [-0.2, 0) is 10.2 Å². The van der Waals surface area contributed by atoms with Gasteiger partial charge in [-0.1, -0.05) is 12.1 Å². The highest BCUT2D eigenvalue weighted by Gasteiger charge is 2.39. The monoisotopic (exact) mass is 244 g/mol. The van der Waals surface area contributed by atoms with E-state index in [4.69, 9.17) is 0 Å². The molecule has 0 bridgehead atoms.